The van der Waals surface area contributed by atoms with Crippen LogP contribution in [0.4, 0.5) is 0 Å². The lowest BCUT2D eigenvalue weighted by Crippen LogP contribution is -3.00. The summed E-state index contributed by atoms with van der Waals surface area (Å²) in [7, 11) is 0. The molecule has 2 aromatic carbocycles. The van der Waals surface area contributed by atoms with Gasteiger partial charge in [0.2, 0.25) is 0 Å². The quantitative estimate of drug-likeness (QED) is 0.607. The van der Waals surface area contributed by atoms with Crippen molar-refractivity contribution in [3.8, 4) is 23.0 Å². The molecule has 1 aliphatic heterocycles. The Bertz CT molecular complexity index is 836. The molecular formula is C22H28ClNO4. The molecule has 0 saturated carbocycles. The molecule has 2 N–H and O–H groups in total. The van der Waals surface area contributed by atoms with Gasteiger partial charge in [-0.3, -0.25) is 0 Å². The molecule has 0 aromatic heterocycles. The van der Waals surface area contributed by atoms with Gasteiger partial charge >= 0.3 is 0 Å². The van der Waals surface area contributed by atoms with Gasteiger partial charge in [-0.1, -0.05) is 6.07 Å². The molecule has 0 fully saturated rings. The highest BCUT2D eigenvalue weighted by Gasteiger charge is 2.23. The first kappa shape index (κ1) is 21.9. The molecule has 2 aromatic rings. The van der Waals surface area contributed by atoms with Gasteiger partial charge in [-0.25, -0.2) is 4.99 Å². The number of ether oxygens (including phenoxy) is 3. The lowest BCUT2D eigenvalue weighted by Gasteiger charge is -2.18. The first-order chi connectivity index (χ1) is 13.2. The van der Waals surface area contributed by atoms with Crippen LogP contribution in [0.15, 0.2) is 30.3 Å². The van der Waals surface area contributed by atoms with Gasteiger partial charge in [0.05, 0.1) is 26.2 Å². The van der Waals surface area contributed by atoms with Crippen LogP contribution in [0.2, 0.25) is 0 Å². The van der Waals surface area contributed by atoms with Crippen molar-refractivity contribution in [3.05, 3.63) is 47.0 Å². The lowest BCUT2D eigenvalue weighted by molar-refractivity contribution is -0.458. The van der Waals surface area contributed by atoms with Crippen LogP contribution in [0, 0.1) is 0 Å². The van der Waals surface area contributed by atoms with E-state index in [0.29, 0.717) is 32.0 Å². The zero-order valence-corrected chi connectivity index (χ0v) is 17.4. The second-order valence-electron chi connectivity index (χ2n) is 6.39. The molecule has 6 heteroatoms. The van der Waals surface area contributed by atoms with E-state index in [-0.39, 0.29) is 18.2 Å². The molecule has 0 amide bonds. The van der Waals surface area contributed by atoms with Gasteiger partial charge in [0.15, 0.2) is 28.7 Å². The molecule has 1 heterocycles. The van der Waals surface area contributed by atoms with Crippen molar-refractivity contribution >= 4 is 5.71 Å². The first-order valence-electron chi connectivity index (χ1n) is 9.63. The van der Waals surface area contributed by atoms with E-state index in [4.69, 9.17) is 14.2 Å². The van der Waals surface area contributed by atoms with Crippen molar-refractivity contribution in [3.63, 3.8) is 0 Å². The van der Waals surface area contributed by atoms with Crippen LogP contribution in [0.25, 0.3) is 0 Å². The van der Waals surface area contributed by atoms with E-state index in [2.05, 4.69) is 17.1 Å². The van der Waals surface area contributed by atoms with Crippen LogP contribution >= 0.6 is 0 Å². The largest absolute Gasteiger partial charge is 1.00 e. The number of hydrogen-bond acceptors (Lipinski definition) is 4. The maximum atomic E-state index is 10.2. The van der Waals surface area contributed by atoms with Crippen LogP contribution in [-0.4, -0.2) is 37.2 Å². The Labute approximate surface area is 172 Å². The second kappa shape index (κ2) is 10.2. The third-order valence-electron chi connectivity index (χ3n) is 4.53. The number of halogens is 1. The van der Waals surface area contributed by atoms with Crippen molar-refractivity contribution in [2.24, 2.45) is 0 Å². The number of phenols is 1. The van der Waals surface area contributed by atoms with Crippen molar-refractivity contribution in [2.45, 2.75) is 33.6 Å². The Kier molecular flexibility index (Phi) is 8.00. The summed E-state index contributed by atoms with van der Waals surface area (Å²) in [6, 6.07) is 9.75. The average molecular weight is 406 g/mol. The number of fused-ring (bicyclic) bond motifs is 1. The maximum Gasteiger partial charge on any atom is 0.186 e. The van der Waals surface area contributed by atoms with Gasteiger partial charge < -0.3 is 31.7 Å². The Morgan fingerprint density at radius 3 is 2.18 bits per heavy atom. The van der Waals surface area contributed by atoms with E-state index in [9.17, 15) is 5.11 Å². The van der Waals surface area contributed by atoms with E-state index in [0.717, 1.165) is 41.3 Å². The van der Waals surface area contributed by atoms with Crippen LogP contribution in [-0.2, 0) is 12.8 Å². The summed E-state index contributed by atoms with van der Waals surface area (Å²) in [5.74, 6) is 2.27. The molecule has 0 unspecified atom stereocenters. The van der Waals surface area contributed by atoms with Gasteiger partial charge in [-0.05, 0) is 56.2 Å². The molecule has 152 valence electrons. The minimum absolute atomic E-state index is 0. The summed E-state index contributed by atoms with van der Waals surface area (Å²) in [5.41, 5.74) is 4.56. The minimum atomic E-state index is 0. The number of aromatic hydroxyl groups is 1. The van der Waals surface area contributed by atoms with Gasteiger partial charge in [0.1, 0.15) is 6.54 Å². The van der Waals surface area contributed by atoms with Crippen molar-refractivity contribution < 1.29 is 36.7 Å². The molecule has 5 nitrogen and oxygen atoms in total. The average Bonchev–Trinajstić information content (AvgIpc) is 2.65. The topological polar surface area (TPSA) is 61.9 Å². The van der Waals surface area contributed by atoms with Crippen molar-refractivity contribution in [2.75, 3.05) is 26.4 Å². The third kappa shape index (κ3) is 4.90. The third-order valence-corrected chi connectivity index (χ3v) is 4.53. The second-order valence-corrected chi connectivity index (χ2v) is 6.39. The zero-order chi connectivity index (χ0) is 19.2. The smallest absolute Gasteiger partial charge is 0.186 e. The van der Waals surface area contributed by atoms with E-state index >= 15 is 0 Å². The van der Waals surface area contributed by atoms with Gasteiger partial charge in [-0.15, -0.1) is 0 Å². The highest BCUT2D eigenvalue weighted by molar-refractivity contribution is 6.00. The molecule has 0 saturated heterocycles. The highest BCUT2D eigenvalue weighted by atomic mass is 35.5. The van der Waals surface area contributed by atoms with E-state index in [1.807, 2.05) is 32.9 Å². The molecule has 0 radical (unpaired) electrons. The van der Waals surface area contributed by atoms with Gasteiger partial charge in [0.25, 0.3) is 0 Å². The van der Waals surface area contributed by atoms with E-state index in [1.165, 1.54) is 5.56 Å². The fraction of sp³-hybridized carbons (Fsp3) is 0.409. The first-order valence-corrected chi connectivity index (χ1v) is 9.63. The predicted molar refractivity (Wildman–Crippen MR) is 105 cm³/mol. The Hall–Kier alpha value is -2.40. The van der Waals surface area contributed by atoms with Crippen LogP contribution in [0.5, 0.6) is 23.0 Å². The summed E-state index contributed by atoms with van der Waals surface area (Å²) in [4.78, 5) is 3.51. The van der Waals surface area contributed by atoms with E-state index in [1.54, 1.807) is 6.07 Å². The molecule has 28 heavy (non-hydrogen) atoms. The highest BCUT2D eigenvalue weighted by Crippen LogP contribution is 2.33. The van der Waals surface area contributed by atoms with Gasteiger partial charge in [0, 0.05) is 12.0 Å². The number of hydrogen-bond donors (Lipinski definition) is 2. The van der Waals surface area contributed by atoms with Crippen molar-refractivity contribution in [1.82, 2.24) is 0 Å². The maximum absolute atomic E-state index is 10.2. The standard InChI is InChI=1S/C22H27NO4.ClH/c1-4-25-20-8-7-15(12-19(20)24)11-18-17-14-22(27-6-3)21(26-5-2)13-16(17)9-10-23-18;/h7-8,12-14,24H,4-6,9-11H2,1-3H3;1H. The number of benzene rings is 2. The molecule has 1 aliphatic rings. The number of nitrogens with one attached hydrogen (secondary N) is 1. The summed E-state index contributed by atoms with van der Waals surface area (Å²) < 4.78 is 17.0. The molecular weight excluding hydrogens is 378 g/mol. The Morgan fingerprint density at radius 2 is 1.54 bits per heavy atom. The fourth-order valence-corrected chi connectivity index (χ4v) is 3.38. The summed E-state index contributed by atoms with van der Waals surface area (Å²) in [6.45, 7) is 8.46. The summed E-state index contributed by atoms with van der Waals surface area (Å²) in [6.07, 6.45) is 1.65. The normalized spacial score (nSPS) is 12.5. The lowest BCUT2D eigenvalue weighted by atomic mass is 9.93. The monoisotopic (exact) mass is 405 g/mol. The van der Waals surface area contributed by atoms with Gasteiger partial charge in [-0.2, -0.15) is 0 Å². The molecule has 0 aliphatic carbocycles. The van der Waals surface area contributed by atoms with Crippen molar-refractivity contribution in [1.29, 1.82) is 0 Å². The zero-order valence-electron chi connectivity index (χ0n) is 16.7. The van der Waals surface area contributed by atoms with Crippen LogP contribution in [0.3, 0.4) is 0 Å². The molecule has 0 bridgehead atoms. The predicted octanol–water partition coefficient (Wildman–Crippen LogP) is -0.739. The molecule has 3 rings (SSSR count). The van der Waals surface area contributed by atoms with E-state index < -0.39 is 0 Å². The minimum Gasteiger partial charge on any atom is -1.00 e. The summed E-state index contributed by atoms with van der Waals surface area (Å²) >= 11 is 0. The SMILES string of the molecule is CCOc1ccc(CC2=[NH+]CCc3cc(OCC)c(OCC)cc32)cc1O.[Cl-]. The van der Waals surface area contributed by atoms with Crippen LogP contribution < -0.4 is 31.6 Å². The summed E-state index contributed by atoms with van der Waals surface area (Å²) in [5, 5.41) is 10.2. The van der Waals surface area contributed by atoms with Crippen LogP contribution in [0.1, 0.15) is 37.5 Å². The number of rotatable bonds is 8. The Morgan fingerprint density at radius 1 is 0.893 bits per heavy atom. The molecule has 0 spiro atoms. The number of phenolic OH excluding ortho intramolecular Hbond substituents is 1. The Balaban J connectivity index is 0.00000280. The fourth-order valence-electron chi connectivity index (χ4n) is 3.38. The molecule has 0 atom stereocenters.